The van der Waals surface area contributed by atoms with Crippen molar-refractivity contribution in [2.45, 2.75) is 19.3 Å². The second-order valence-electron chi connectivity index (χ2n) is 7.02. The third-order valence-electron chi connectivity index (χ3n) is 4.97. The van der Waals surface area contributed by atoms with E-state index in [2.05, 4.69) is 16.4 Å². The number of aromatic amines is 1. The van der Waals surface area contributed by atoms with Crippen LogP contribution in [0.3, 0.4) is 0 Å². The highest BCUT2D eigenvalue weighted by Gasteiger charge is 2.21. The van der Waals surface area contributed by atoms with E-state index < -0.39 is 0 Å². The van der Waals surface area contributed by atoms with Gasteiger partial charge in [-0.05, 0) is 48.4 Å². The summed E-state index contributed by atoms with van der Waals surface area (Å²) in [7, 11) is 0. The number of nitrogens with one attached hydrogen (secondary N) is 2. The Labute approximate surface area is 169 Å². The fourth-order valence-corrected chi connectivity index (χ4v) is 3.75. The van der Waals surface area contributed by atoms with E-state index in [0.717, 1.165) is 33.3 Å². The number of anilines is 1. The molecule has 1 aromatic heterocycles. The Kier molecular flexibility index (Phi) is 5.18. The van der Waals surface area contributed by atoms with Crippen molar-refractivity contribution in [1.29, 1.82) is 0 Å². The van der Waals surface area contributed by atoms with Crippen molar-refractivity contribution in [2.75, 3.05) is 5.32 Å². The minimum atomic E-state index is -0.0969. The fraction of sp³-hybridized carbons (Fsp3) is 0.125. The molecule has 0 spiro atoms. The number of rotatable bonds is 5. The minimum Gasteiger partial charge on any atom is -0.361 e. The summed E-state index contributed by atoms with van der Waals surface area (Å²) in [6.07, 6.45) is 2.32. The molecule has 1 heterocycles. The van der Waals surface area contributed by atoms with Crippen molar-refractivity contribution < 1.29 is 4.79 Å². The number of aryl methyl sites for hydroxylation is 1. The highest BCUT2D eigenvalue weighted by atomic mass is 35.5. The molecule has 0 saturated carbocycles. The Morgan fingerprint density at radius 3 is 2.61 bits per heavy atom. The molecule has 3 aromatic carbocycles. The molecule has 0 fully saturated rings. The normalized spacial score (nSPS) is 12.1. The maximum absolute atomic E-state index is 12.8. The van der Waals surface area contributed by atoms with Gasteiger partial charge in [-0.1, -0.05) is 59.6 Å². The van der Waals surface area contributed by atoms with Gasteiger partial charge in [0.2, 0.25) is 5.91 Å². The lowest BCUT2D eigenvalue weighted by Gasteiger charge is -2.18. The molecule has 1 unspecified atom stereocenters. The number of H-pyrrole nitrogens is 1. The van der Waals surface area contributed by atoms with Crippen LogP contribution in [0.1, 0.15) is 29.0 Å². The maximum Gasteiger partial charge on any atom is 0.225 e. The molecule has 2 N–H and O–H groups in total. The van der Waals surface area contributed by atoms with Gasteiger partial charge in [-0.25, -0.2) is 0 Å². The van der Waals surface area contributed by atoms with E-state index in [1.807, 2.05) is 79.9 Å². The second kappa shape index (κ2) is 7.91. The van der Waals surface area contributed by atoms with E-state index in [9.17, 15) is 4.79 Å². The number of hydrogen-bond acceptors (Lipinski definition) is 1. The van der Waals surface area contributed by atoms with Crippen molar-refractivity contribution in [1.82, 2.24) is 4.98 Å². The van der Waals surface area contributed by atoms with E-state index in [0.29, 0.717) is 11.4 Å². The number of para-hydroxylation sites is 1. The van der Waals surface area contributed by atoms with Crippen LogP contribution in [0.2, 0.25) is 5.02 Å². The van der Waals surface area contributed by atoms with Gasteiger partial charge >= 0.3 is 0 Å². The topological polar surface area (TPSA) is 44.9 Å². The van der Waals surface area contributed by atoms with Gasteiger partial charge in [0.25, 0.3) is 0 Å². The number of amides is 1. The van der Waals surface area contributed by atoms with Crippen LogP contribution in [-0.4, -0.2) is 10.9 Å². The van der Waals surface area contributed by atoms with Crippen LogP contribution in [0.25, 0.3) is 10.9 Å². The van der Waals surface area contributed by atoms with Gasteiger partial charge in [-0.3, -0.25) is 4.79 Å². The number of benzene rings is 3. The second-order valence-corrected chi connectivity index (χ2v) is 7.45. The van der Waals surface area contributed by atoms with Crippen molar-refractivity contribution in [3.63, 3.8) is 0 Å². The first-order valence-electron chi connectivity index (χ1n) is 9.28. The average molecular weight is 389 g/mol. The van der Waals surface area contributed by atoms with Crippen LogP contribution in [0.15, 0.2) is 79.0 Å². The number of fused-ring (bicyclic) bond motifs is 1. The molecule has 4 rings (SSSR count). The Hall–Kier alpha value is -3.04. The van der Waals surface area contributed by atoms with Crippen molar-refractivity contribution in [3.05, 3.63) is 101 Å². The number of aromatic nitrogens is 1. The first kappa shape index (κ1) is 18.3. The molecular formula is C24H21ClN2O. The summed E-state index contributed by atoms with van der Waals surface area (Å²) in [5.74, 6) is -0.126. The molecule has 0 aliphatic rings. The summed E-state index contributed by atoms with van der Waals surface area (Å²) in [5, 5.41) is 4.80. The molecule has 4 aromatic rings. The van der Waals surface area contributed by atoms with Gasteiger partial charge in [0, 0.05) is 40.1 Å². The smallest absolute Gasteiger partial charge is 0.225 e. The largest absolute Gasteiger partial charge is 0.361 e. The van der Waals surface area contributed by atoms with Gasteiger partial charge in [0.15, 0.2) is 0 Å². The van der Waals surface area contributed by atoms with Gasteiger partial charge in [0.1, 0.15) is 0 Å². The molecule has 0 aliphatic heterocycles. The van der Waals surface area contributed by atoms with Crippen molar-refractivity contribution in [3.8, 4) is 0 Å². The molecule has 0 saturated heterocycles. The van der Waals surface area contributed by atoms with Gasteiger partial charge < -0.3 is 10.3 Å². The Balaban J connectivity index is 1.67. The number of carbonyl (C=O) groups excluding carboxylic acids is 1. The van der Waals surface area contributed by atoms with Crippen LogP contribution in [0, 0.1) is 6.92 Å². The van der Waals surface area contributed by atoms with Gasteiger partial charge in [-0.2, -0.15) is 0 Å². The van der Waals surface area contributed by atoms with Gasteiger partial charge in [-0.15, -0.1) is 0 Å². The molecule has 140 valence electrons. The van der Waals surface area contributed by atoms with Crippen LogP contribution in [-0.2, 0) is 4.79 Å². The fourth-order valence-electron chi connectivity index (χ4n) is 3.55. The molecule has 1 amide bonds. The first-order valence-corrected chi connectivity index (χ1v) is 9.66. The van der Waals surface area contributed by atoms with Crippen LogP contribution in [0.4, 0.5) is 5.69 Å². The molecule has 1 atom stereocenters. The van der Waals surface area contributed by atoms with Crippen LogP contribution >= 0.6 is 11.6 Å². The Bertz CT molecular complexity index is 1110. The summed E-state index contributed by atoms with van der Waals surface area (Å²) < 4.78 is 0. The summed E-state index contributed by atoms with van der Waals surface area (Å²) in [5.41, 5.74) is 5.14. The first-order chi connectivity index (χ1) is 13.6. The average Bonchev–Trinajstić information content (AvgIpc) is 3.12. The minimum absolute atomic E-state index is 0.0286. The van der Waals surface area contributed by atoms with E-state index in [-0.39, 0.29) is 11.8 Å². The summed E-state index contributed by atoms with van der Waals surface area (Å²) >= 11 is 6.24. The molecule has 0 aliphatic carbocycles. The SMILES string of the molecule is Cc1ccc(NC(=O)CC(c2cccc(Cl)c2)c2c[nH]c3ccccc23)cc1. The molecule has 3 nitrogen and oxygen atoms in total. The van der Waals surface area contributed by atoms with E-state index in [4.69, 9.17) is 11.6 Å². The summed E-state index contributed by atoms with van der Waals surface area (Å²) in [4.78, 5) is 16.2. The highest BCUT2D eigenvalue weighted by molar-refractivity contribution is 6.30. The maximum atomic E-state index is 12.8. The van der Waals surface area contributed by atoms with Gasteiger partial charge in [0.05, 0.1) is 0 Å². The quantitative estimate of drug-likeness (QED) is 0.414. The van der Waals surface area contributed by atoms with Crippen LogP contribution in [0.5, 0.6) is 0 Å². The zero-order chi connectivity index (χ0) is 19.5. The monoisotopic (exact) mass is 388 g/mol. The molecule has 0 radical (unpaired) electrons. The standard InChI is InChI=1S/C24H21ClN2O/c1-16-9-11-19(12-10-16)27-24(28)14-21(17-5-4-6-18(25)13-17)22-15-26-23-8-3-2-7-20(22)23/h2-13,15,21,26H,14H2,1H3,(H,27,28). The van der Waals surface area contributed by atoms with Crippen LogP contribution < -0.4 is 5.32 Å². The number of hydrogen-bond donors (Lipinski definition) is 2. The summed E-state index contributed by atoms with van der Waals surface area (Å²) in [6.45, 7) is 2.03. The van der Waals surface area contributed by atoms with Crippen molar-refractivity contribution >= 4 is 34.1 Å². The molecule has 28 heavy (non-hydrogen) atoms. The van der Waals surface area contributed by atoms with E-state index in [1.54, 1.807) is 0 Å². The molecule has 0 bridgehead atoms. The predicted molar refractivity (Wildman–Crippen MR) is 116 cm³/mol. The van der Waals surface area contributed by atoms with E-state index in [1.165, 1.54) is 0 Å². The third kappa shape index (κ3) is 3.95. The van der Waals surface area contributed by atoms with Crippen molar-refractivity contribution in [2.24, 2.45) is 0 Å². The Morgan fingerprint density at radius 1 is 1.04 bits per heavy atom. The zero-order valence-electron chi connectivity index (χ0n) is 15.6. The lowest BCUT2D eigenvalue weighted by molar-refractivity contribution is -0.116. The lowest BCUT2D eigenvalue weighted by atomic mass is 9.88. The zero-order valence-corrected chi connectivity index (χ0v) is 16.3. The highest BCUT2D eigenvalue weighted by Crippen LogP contribution is 2.34. The van der Waals surface area contributed by atoms with E-state index >= 15 is 0 Å². The number of carbonyl (C=O) groups is 1. The molecule has 4 heteroatoms. The number of halogens is 1. The third-order valence-corrected chi connectivity index (χ3v) is 5.21. The predicted octanol–water partition coefficient (Wildman–Crippen LogP) is 6.29. The molecular weight excluding hydrogens is 368 g/mol. The lowest BCUT2D eigenvalue weighted by Crippen LogP contribution is -2.16. The Morgan fingerprint density at radius 2 is 1.82 bits per heavy atom. The summed E-state index contributed by atoms with van der Waals surface area (Å²) in [6, 6.07) is 23.7.